The van der Waals surface area contributed by atoms with Crippen LogP contribution in [0.4, 0.5) is 0 Å². The Balaban J connectivity index is 4.98. The van der Waals surface area contributed by atoms with E-state index in [-0.39, 0.29) is 6.54 Å². The Bertz CT molecular complexity index is 329. The second-order valence-corrected chi connectivity index (χ2v) is 3.82. The quantitative estimate of drug-likeness (QED) is 0.541. The third kappa shape index (κ3) is 5.29. The molecule has 90 valence electrons. The van der Waals surface area contributed by atoms with Gasteiger partial charge in [-0.05, 0) is 32.1 Å². The zero-order chi connectivity index (χ0) is 12.7. The van der Waals surface area contributed by atoms with Crippen LogP contribution in [0, 0.1) is 5.92 Å². The molecule has 0 aliphatic heterocycles. The first-order valence-corrected chi connectivity index (χ1v) is 5.13. The van der Waals surface area contributed by atoms with Crippen molar-refractivity contribution in [3.05, 3.63) is 11.4 Å². The van der Waals surface area contributed by atoms with Crippen LogP contribution in [0.3, 0.4) is 0 Å². The smallest absolute Gasteiger partial charge is 0.236 e. The number of nitrogens with one attached hydrogen (secondary N) is 1. The van der Waals surface area contributed by atoms with Crippen molar-refractivity contribution >= 4 is 18.5 Å². The molecule has 0 rings (SSSR count). The third-order valence-electron chi connectivity index (χ3n) is 2.17. The lowest BCUT2D eigenvalue weighted by Crippen LogP contribution is -2.28. The van der Waals surface area contributed by atoms with Crippen LogP contribution in [-0.2, 0) is 4.79 Å². The summed E-state index contributed by atoms with van der Waals surface area (Å²) in [6, 6.07) is 0. The van der Waals surface area contributed by atoms with Crippen LogP contribution in [0.5, 0.6) is 0 Å². The Kier molecular flexibility index (Phi) is 6.07. The summed E-state index contributed by atoms with van der Waals surface area (Å²) in [6.07, 6.45) is 0. The van der Waals surface area contributed by atoms with E-state index in [0.29, 0.717) is 17.6 Å². The van der Waals surface area contributed by atoms with Gasteiger partial charge in [-0.25, -0.2) is 9.98 Å². The summed E-state index contributed by atoms with van der Waals surface area (Å²) in [5.41, 5.74) is 6.12. The van der Waals surface area contributed by atoms with Crippen molar-refractivity contribution in [2.75, 3.05) is 6.54 Å². The van der Waals surface area contributed by atoms with E-state index in [0.717, 1.165) is 5.57 Å². The van der Waals surface area contributed by atoms with Crippen molar-refractivity contribution in [2.24, 2.45) is 21.6 Å². The highest BCUT2D eigenvalue weighted by Gasteiger charge is 2.06. The zero-order valence-corrected chi connectivity index (χ0v) is 10.4. The maximum atomic E-state index is 10.7. The van der Waals surface area contributed by atoms with Gasteiger partial charge in [0.25, 0.3) is 0 Å². The maximum Gasteiger partial charge on any atom is 0.236 e. The van der Waals surface area contributed by atoms with E-state index in [9.17, 15) is 4.79 Å². The highest BCUT2D eigenvalue weighted by atomic mass is 16.1. The second-order valence-electron chi connectivity index (χ2n) is 3.82. The number of nitrogens with two attached hydrogens (primary N) is 1. The Morgan fingerprint density at radius 3 is 2.38 bits per heavy atom. The van der Waals surface area contributed by atoms with Crippen LogP contribution in [0.2, 0.25) is 0 Å². The van der Waals surface area contributed by atoms with Crippen LogP contribution < -0.4 is 11.1 Å². The second kappa shape index (κ2) is 6.76. The molecule has 5 heteroatoms. The normalized spacial score (nSPS) is 13.4. The first-order valence-electron chi connectivity index (χ1n) is 5.13. The summed E-state index contributed by atoms with van der Waals surface area (Å²) in [5, 5.41) is 2.90. The molecule has 1 amide bonds. The number of amides is 1. The molecule has 0 aromatic carbocycles. The van der Waals surface area contributed by atoms with Crippen molar-refractivity contribution in [1.82, 2.24) is 5.32 Å². The average Bonchev–Trinajstić information content (AvgIpc) is 2.22. The fourth-order valence-electron chi connectivity index (χ4n) is 0.909. The highest BCUT2D eigenvalue weighted by molar-refractivity contribution is 5.84. The number of nitrogens with zero attached hydrogens (tertiary/aromatic N) is 2. The molecular formula is C11H20N4O. The molecule has 0 spiro atoms. The molecule has 3 N–H and O–H groups in total. The molecule has 0 saturated carbocycles. The summed E-state index contributed by atoms with van der Waals surface area (Å²) < 4.78 is 0. The number of hydrogen-bond acceptors (Lipinski definition) is 3. The molecular weight excluding hydrogens is 204 g/mol. The summed E-state index contributed by atoms with van der Waals surface area (Å²) in [5.74, 6) is 1.09. The van der Waals surface area contributed by atoms with Gasteiger partial charge in [0.05, 0.1) is 6.54 Å². The average molecular weight is 224 g/mol. The van der Waals surface area contributed by atoms with E-state index < -0.39 is 5.91 Å². The van der Waals surface area contributed by atoms with E-state index >= 15 is 0 Å². The van der Waals surface area contributed by atoms with Gasteiger partial charge in [0.2, 0.25) is 5.91 Å². The van der Waals surface area contributed by atoms with Gasteiger partial charge in [0, 0.05) is 0 Å². The Morgan fingerprint density at radius 2 is 2.00 bits per heavy atom. The molecule has 0 heterocycles. The summed E-state index contributed by atoms with van der Waals surface area (Å²) in [4.78, 5) is 18.6. The van der Waals surface area contributed by atoms with Crippen molar-refractivity contribution in [3.8, 4) is 0 Å². The topological polar surface area (TPSA) is 79.8 Å². The van der Waals surface area contributed by atoms with E-state index in [1.54, 1.807) is 6.92 Å². The van der Waals surface area contributed by atoms with Gasteiger partial charge in [-0.3, -0.25) is 4.79 Å². The molecule has 16 heavy (non-hydrogen) atoms. The molecule has 0 atom stereocenters. The zero-order valence-electron chi connectivity index (χ0n) is 10.4. The number of rotatable bonds is 5. The fourth-order valence-corrected chi connectivity index (χ4v) is 0.909. The van der Waals surface area contributed by atoms with Gasteiger partial charge >= 0.3 is 0 Å². The minimum absolute atomic E-state index is 0.0628. The number of carbonyl (C=O) groups excluding carboxylic acids is 1. The first kappa shape index (κ1) is 14.3. The van der Waals surface area contributed by atoms with Crippen LogP contribution in [0.25, 0.3) is 0 Å². The summed E-state index contributed by atoms with van der Waals surface area (Å²) in [6.45, 7) is 11.2. The Hall–Kier alpha value is -1.65. The van der Waals surface area contributed by atoms with Crippen LogP contribution >= 0.6 is 0 Å². The molecule has 0 saturated heterocycles. The largest absolute Gasteiger partial charge is 0.368 e. The number of aliphatic imine (C=N–C) groups is 2. The molecule has 0 aromatic heterocycles. The van der Waals surface area contributed by atoms with Gasteiger partial charge in [-0.1, -0.05) is 13.8 Å². The van der Waals surface area contributed by atoms with Gasteiger partial charge < -0.3 is 11.1 Å². The lowest BCUT2D eigenvalue weighted by atomic mass is 10.1. The molecule has 0 aromatic rings. The molecule has 0 aliphatic carbocycles. The highest BCUT2D eigenvalue weighted by Crippen LogP contribution is 2.13. The molecule has 5 nitrogen and oxygen atoms in total. The monoisotopic (exact) mass is 224 g/mol. The number of amidine groups is 1. The van der Waals surface area contributed by atoms with Crippen molar-refractivity contribution in [3.63, 3.8) is 0 Å². The van der Waals surface area contributed by atoms with Gasteiger partial charge in [-0.2, -0.15) is 0 Å². The number of primary amides is 1. The Labute approximate surface area is 96.5 Å². The summed E-state index contributed by atoms with van der Waals surface area (Å²) in [7, 11) is 0. The Morgan fingerprint density at radius 1 is 1.44 bits per heavy atom. The van der Waals surface area contributed by atoms with Crippen molar-refractivity contribution in [1.29, 1.82) is 0 Å². The van der Waals surface area contributed by atoms with Gasteiger partial charge in [0.1, 0.15) is 11.7 Å². The van der Waals surface area contributed by atoms with Crippen molar-refractivity contribution < 1.29 is 4.79 Å². The molecule has 0 radical (unpaired) electrons. The standard InChI is InChI=1S/C11H20N4O/c1-7(2)8(3)11(14-6-10(12)16)15-9(4)13-5/h7,14H,5-6H2,1-4H3,(H2,12,16)/b11-8+,15-9-. The number of hydrogen-bond donors (Lipinski definition) is 2. The van der Waals surface area contributed by atoms with Crippen LogP contribution in [-0.4, -0.2) is 25.0 Å². The lowest BCUT2D eigenvalue weighted by Gasteiger charge is -2.12. The van der Waals surface area contributed by atoms with E-state index in [4.69, 9.17) is 5.73 Å². The van der Waals surface area contributed by atoms with E-state index in [1.807, 2.05) is 20.8 Å². The molecule has 0 unspecified atom stereocenters. The number of carbonyl (C=O) groups is 1. The first-order chi connectivity index (χ1) is 7.38. The van der Waals surface area contributed by atoms with Gasteiger partial charge in [0.15, 0.2) is 0 Å². The predicted molar refractivity (Wildman–Crippen MR) is 67.4 cm³/mol. The van der Waals surface area contributed by atoms with Crippen LogP contribution in [0.1, 0.15) is 27.7 Å². The minimum Gasteiger partial charge on any atom is -0.368 e. The number of allylic oxidation sites excluding steroid dienone is 1. The van der Waals surface area contributed by atoms with Crippen molar-refractivity contribution in [2.45, 2.75) is 27.7 Å². The van der Waals surface area contributed by atoms with E-state index in [2.05, 4.69) is 22.0 Å². The maximum absolute atomic E-state index is 10.7. The van der Waals surface area contributed by atoms with E-state index in [1.165, 1.54) is 0 Å². The molecule has 0 bridgehead atoms. The van der Waals surface area contributed by atoms with Crippen LogP contribution in [0.15, 0.2) is 21.4 Å². The fraction of sp³-hybridized carbons (Fsp3) is 0.545. The summed E-state index contributed by atoms with van der Waals surface area (Å²) >= 11 is 0. The minimum atomic E-state index is -0.423. The van der Waals surface area contributed by atoms with Gasteiger partial charge in [-0.15, -0.1) is 0 Å². The molecule has 0 fully saturated rings. The predicted octanol–water partition coefficient (Wildman–Crippen LogP) is 1.07. The third-order valence-corrected chi connectivity index (χ3v) is 2.17. The SMILES string of the molecule is C=N/C(C)=N\C(NCC(N)=O)=C(/C)C(C)C. The molecule has 0 aliphatic rings. The lowest BCUT2D eigenvalue weighted by molar-refractivity contribution is -0.117.